The molecule has 0 radical (unpaired) electrons. The fourth-order valence-electron chi connectivity index (χ4n) is 1.89. The summed E-state index contributed by atoms with van der Waals surface area (Å²) in [4.78, 5) is 8.20. The average Bonchev–Trinajstić information content (AvgIpc) is 2.86. The van der Waals surface area contributed by atoms with Crippen molar-refractivity contribution in [2.45, 2.75) is 13.5 Å². The molecule has 3 aromatic rings. The molecule has 0 aliphatic rings. The van der Waals surface area contributed by atoms with Crippen LogP contribution in [0.3, 0.4) is 0 Å². The van der Waals surface area contributed by atoms with Gasteiger partial charge in [-0.25, -0.2) is 4.98 Å². The molecule has 0 amide bonds. The summed E-state index contributed by atoms with van der Waals surface area (Å²) in [5.41, 5.74) is 3.27. The van der Waals surface area contributed by atoms with Crippen LogP contribution in [0.25, 0.3) is 5.52 Å². The van der Waals surface area contributed by atoms with Gasteiger partial charge in [-0.1, -0.05) is 6.07 Å². The minimum Gasteiger partial charge on any atom is -0.487 e. The molecule has 18 heavy (non-hydrogen) atoms. The molecule has 0 saturated heterocycles. The molecular weight excluding hydrogens is 226 g/mol. The first-order valence-corrected chi connectivity index (χ1v) is 5.77. The number of hydrogen-bond donors (Lipinski definition) is 0. The maximum absolute atomic E-state index is 5.80. The molecule has 3 rings (SSSR count). The van der Waals surface area contributed by atoms with E-state index < -0.39 is 0 Å². The molecule has 0 aliphatic carbocycles. The highest BCUT2D eigenvalue weighted by molar-refractivity contribution is 5.52. The zero-order valence-electron chi connectivity index (χ0n) is 10.1. The van der Waals surface area contributed by atoms with Crippen LogP contribution in [-0.4, -0.2) is 14.4 Å². The predicted molar refractivity (Wildman–Crippen MR) is 68.5 cm³/mol. The molecule has 0 atom stereocenters. The number of nitrogens with zero attached hydrogens (tertiary/aromatic N) is 3. The fourth-order valence-corrected chi connectivity index (χ4v) is 1.89. The molecule has 0 N–H and O–H groups in total. The Kier molecular flexibility index (Phi) is 2.68. The summed E-state index contributed by atoms with van der Waals surface area (Å²) in [6.07, 6.45) is 9.11. The molecule has 3 aromatic heterocycles. The van der Waals surface area contributed by atoms with Crippen molar-refractivity contribution >= 4 is 5.52 Å². The second-order valence-electron chi connectivity index (χ2n) is 4.15. The Bertz CT molecular complexity index is 675. The molecule has 90 valence electrons. The minimum atomic E-state index is 0.516. The summed E-state index contributed by atoms with van der Waals surface area (Å²) in [5, 5.41) is 0. The third-order valence-corrected chi connectivity index (χ3v) is 2.91. The van der Waals surface area contributed by atoms with Gasteiger partial charge >= 0.3 is 0 Å². The number of hydrogen-bond acceptors (Lipinski definition) is 3. The molecule has 0 unspecified atom stereocenters. The lowest BCUT2D eigenvalue weighted by Gasteiger charge is -2.09. The van der Waals surface area contributed by atoms with Gasteiger partial charge in [0.1, 0.15) is 12.4 Å². The maximum Gasteiger partial charge on any atom is 0.140 e. The average molecular weight is 239 g/mol. The molecule has 0 aliphatic heterocycles. The number of ether oxygens (including phenoxy) is 1. The van der Waals surface area contributed by atoms with Crippen molar-refractivity contribution < 1.29 is 4.74 Å². The summed E-state index contributed by atoms with van der Waals surface area (Å²) < 4.78 is 7.78. The van der Waals surface area contributed by atoms with Gasteiger partial charge in [0.05, 0.1) is 24.2 Å². The van der Waals surface area contributed by atoms with Crippen LogP contribution in [0.4, 0.5) is 0 Å². The summed E-state index contributed by atoms with van der Waals surface area (Å²) in [5.74, 6) is 0.819. The zero-order chi connectivity index (χ0) is 12.4. The number of imidazole rings is 1. The van der Waals surface area contributed by atoms with Gasteiger partial charge in [0.25, 0.3) is 0 Å². The highest BCUT2D eigenvalue weighted by Gasteiger charge is 2.03. The van der Waals surface area contributed by atoms with Gasteiger partial charge < -0.3 is 9.14 Å². The first-order valence-electron chi connectivity index (χ1n) is 5.77. The molecule has 0 saturated carbocycles. The van der Waals surface area contributed by atoms with E-state index in [-0.39, 0.29) is 0 Å². The fraction of sp³-hybridized carbons (Fsp3) is 0.143. The van der Waals surface area contributed by atoms with Gasteiger partial charge in [0, 0.05) is 18.0 Å². The van der Waals surface area contributed by atoms with Gasteiger partial charge in [0.15, 0.2) is 0 Å². The molecule has 4 heteroatoms. The lowest BCUT2D eigenvalue weighted by atomic mass is 10.2. The van der Waals surface area contributed by atoms with Gasteiger partial charge in [-0.15, -0.1) is 0 Å². The van der Waals surface area contributed by atoms with Crippen LogP contribution in [-0.2, 0) is 6.61 Å². The van der Waals surface area contributed by atoms with Crippen LogP contribution in [0.15, 0.2) is 49.3 Å². The topological polar surface area (TPSA) is 39.4 Å². The van der Waals surface area contributed by atoms with Gasteiger partial charge in [0.2, 0.25) is 0 Å². The third-order valence-electron chi connectivity index (χ3n) is 2.91. The lowest BCUT2D eigenvalue weighted by Crippen LogP contribution is -1.99. The third kappa shape index (κ3) is 1.93. The first kappa shape index (κ1) is 10.8. The quantitative estimate of drug-likeness (QED) is 0.705. The molecule has 0 aromatic carbocycles. The van der Waals surface area contributed by atoms with Crippen LogP contribution in [0.2, 0.25) is 0 Å². The van der Waals surface area contributed by atoms with Crippen LogP contribution < -0.4 is 4.74 Å². The SMILES string of the molecule is Cc1ccncc1OCc1cccn2cncc12. The van der Waals surface area contributed by atoms with E-state index in [9.17, 15) is 0 Å². The van der Waals surface area contributed by atoms with Gasteiger partial charge in [-0.05, 0) is 24.6 Å². The van der Waals surface area contributed by atoms with Crippen molar-refractivity contribution in [3.63, 3.8) is 0 Å². The van der Waals surface area contributed by atoms with E-state index in [1.807, 2.05) is 41.9 Å². The summed E-state index contributed by atoms with van der Waals surface area (Å²) >= 11 is 0. The van der Waals surface area contributed by atoms with Gasteiger partial charge in [-0.3, -0.25) is 4.98 Å². The Morgan fingerprint density at radius 1 is 1.22 bits per heavy atom. The van der Waals surface area contributed by atoms with E-state index in [0.29, 0.717) is 6.61 Å². The second kappa shape index (κ2) is 4.49. The molecule has 0 bridgehead atoms. The lowest BCUT2D eigenvalue weighted by molar-refractivity contribution is 0.304. The van der Waals surface area contributed by atoms with Crippen LogP contribution >= 0.6 is 0 Å². The van der Waals surface area contributed by atoms with Crippen molar-refractivity contribution in [3.8, 4) is 5.75 Å². The summed E-state index contributed by atoms with van der Waals surface area (Å²) in [7, 11) is 0. The second-order valence-corrected chi connectivity index (χ2v) is 4.15. The molecule has 0 spiro atoms. The van der Waals surface area contributed by atoms with Gasteiger partial charge in [-0.2, -0.15) is 0 Å². The number of aromatic nitrogens is 3. The predicted octanol–water partition coefficient (Wildman–Crippen LogP) is 2.62. The van der Waals surface area contributed by atoms with Crippen molar-refractivity contribution in [2.24, 2.45) is 0 Å². The summed E-state index contributed by atoms with van der Waals surface area (Å²) in [6, 6.07) is 5.97. The van der Waals surface area contributed by atoms with Crippen molar-refractivity contribution in [1.29, 1.82) is 0 Å². The zero-order valence-corrected chi connectivity index (χ0v) is 10.1. The van der Waals surface area contributed by atoms with Crippen molar-refractivity contribution in [1.82, 2.24) is 14.4 Å². The highest BCUT2D eigenvalue weighted by Crippen LogP contribution is 2.18. The number of aryl methyl sites for hydroxylation is 1. The van der Waals surface area contributed by atoms with E-state index >= 15 is 0 Å². The Balaban J connectivity index is 1.85. The Morgan fingerprint density at radius 2 is 2.17 bits per heavy atom. The monoisotopic (exact) mass is 239 g/mol. The highest BCUT2D eigenvalue weighted by atomic mass is 16.5. The van der Waals surface area contributed by atoms with E-state index in [0.717, 1.165) is 22.4 Å². The Labute approximate surface area is 105 Å². The van der Waals surface area contributed by atoms with Crippen LogP contribution in [0.1, 0.15) is 11.1 Å². The first-order chi connectivity index (χ1) is 8.84. The Morgan fingerprint density at radius 3 is 3.06 bits per heavy atom. The number of fused-ring (bicyclic) bond motifs is 1. The Hall–Kier alpha value is -2.36. The standard InChI is InChI=1S/C14H13N3O/c1-11-4-5-15-8-14(11)18-9-12-3-2-6-17-10-16-7-13(12)17/h2-8,10H,9H2,1H3. The molecular formula is C14H13N3O. The van der Waals surface area contributed by atoms with E-state index in [4.69, 9.17) is 4.74 Å². The normalized spacial score (nSPS) is 10.7. The van der Waals surface area contributed by atoms with Crippen molar-refractivity contribution in [3.05, 3.63) is 60.4 Å². The largest absolute Gasteiger partial charge is 0.487 e. The number of pyridine rings is 2. The van der Waals surface area contributed by atoms with Crippen molar-refractivity contribution in [2.75, 3.05) is 0 Å². The smallest absolute Gasteiger partial charge is 0.140 e. The molecule has 0 fully saturated rings. The summed E-state index contributed by atoms with van der Waals surface area (Å²) in [6.45, 7) is 2.53. The van der Waals surface area contributed by atoms with E-state index in [1.165, 1.54) is 0 Å². The molecule has 3 heterocycles. The maximum atomic E-state index is 5.80. The van der Waals surface area contributed by atoms with E-state index in [2.05, 4.69) is 9.97 Å². The number of rotatable bonds is 3. The van der Waals surface area contributed by atoms with E-state index in [1.54, 1.807) is 18.7 Å². The minimum absolute atomic E-state index is 0.516. The van der Waals surface area contributed by atoms with Crippen LogP contribution in [0.5, 0.6) is 5.75 Å². The van der Waals surface area contributed by atoms with Crippen LogP contribution in [0, 0.1) is 6.92 Å². The molecule has 4 nitrogen and oxygen atoms in total.